The topological polar surface area (TPSA) is 53.1 Å². The van der Waals surface area contributed by atoms with Crippen LogP contribution in [0, 0.1) is 6.92 Å². The molecule has 1 aromatic carbocycles. The maximum Gasteiger partial charge on any atom is 0.120 e. The second-order valence-electron chi connectivity index (χ2n) is 5.52. The molecule has 0 aliphatic carbocycles. The summed E-state index contributed by atoms with van der Waals surface area (Å²) in [5, 5.41) is 5.02. The van der Waals surface area contributed by atoms with Gasteiger partial charge in [-0.25, -0.2) is 0 Å². The molecular formula is C16H22ClN3O. The van der Waals surface area contributed by atoms with Crippen molar-refractivity contribution in [2.45, 2.75) is 39.3 Å². The van der Waals surface area contributed by atoms with Gasteiger partial charge in [-0.2, -0.15) is 5.10 Å². The molecule has 5 heteroatoms. The van der Waals surface area contributed by atoms with E-state index in [1.165, 1.54) is 0 Å². The SMILES string of the molecule is Cc1nn(C)c(CC(N)c2cccc(OC(C)C)c2)c1Cl. The zero-order valence-corrected chi connectivity index (χ0v) is 13.7. The Balaban J connectivity index is 2.18. The summed E-state index contributed by atoms with van der Waals surface area (Å²) in [6.07, 6.45) is 0.784. The number of aromatic nitrogens is 2. The van der Waals surface area contributed by atoms with Crippen molar-refractivity contribution >= 4 is 11.6 Å². The van der Waals surface area contributed by atoms with Gasteiger partial charge in [0.15, 0.2) is 0 Å². The van der Waals surface area contributed by atoms with Crippen LogP contribution in [-0.4, -0.2) is 15.9 Å². The minimum Gasteiger partial charge on any atom is -0.491 e. The van der Waals surface area contributed by atoms with Crippen LogP contribution in [0.15, 0.2) is 24.3 Å². The fraction of sp³-hybridized carbons (Fsp3) is 0.438. The molecule has 0 spiro atoms. The molecule has 0 amide bonds. The van der Waals surface area contributed by atoms with Crippen LogP contribution in [0.1, 0.15) is 36.8 Å². The third-order valence-corrected chi connectivity index (χ3v) is 3.82. The van der Waals surface area contributed by atoms with Gasteiger partial charge in [0, 0.05) is 19.5 Å². The number of halogens is 1. The number of nitrogens with zero attached hydrogens (tertiary/aromatic N) is 2. The van der Waals surface area contributed by atoms with Crippen LogP contribution in [0.3, 0.4) is 0 Å². The molecular weight excluding hydrogens is 286 g/mol. The standard InChI is InChI=1S/C16H22ClN3O/c1-10(2)21-13-7-5-6-12(8-13)14(18)9-15-16(17)11(3)19-20(15)4/h5-8,10,14H,9,18H2,1-4H3. The monoisotopic (exact) mass is 307 g/mol. The molecule has 4 nitrogen and oxygen atoms in total. The average molecular weight is 308 g/mol. The van der Waals surface area contributed by atoms with E-state index in [1.807, 2.05) is 52.1 Å². The molecule has 1 atom stereocenters. The highest BCUT2D eigenvalue weighted by Crippen LogP contribution is 2.26. The highest BCUT2D eigenvalue weighted by atomic mass is 35.5. The third-order valence-electron chi connectivity index (χ3n) is 3.33. The number of nitrogens with two attached hydrogens (primary N) is 1. The van der Waals surface area contributed by atoms with E-state index in [0.717, 1.165) is 22.7 Å². The van der Waals surface area contributed by atoms with E-state index in [2.05, 4.69) is 5.10 Å². The molecule has 2 rings (SSSR count). The molecule has 0 saturated carbocycles. The van der Waals surface area contributed by atoms with Crippen molar-refractivity contribution in [1.82, 2.24) is 9.78 Å². The molecule has 0 aliphatic rings. The number of ether oxygens (including phenoxy) is 1. The molecule has 2 aromatic rings. The molecule has 2 N–H and O–H groups in total. The molecule has 0 bridgehead atoms. The first-order valence-corrected chi connectivity index (χ1v) is 7.46. The first-order chi connectivity index (χ1) is 9.88. The number of aryl methyl sites for hydroxylation is 2. The van der Waals surface area contributed by atoms with Crippen LogP contribution >= 0.6 is 11.6 Å². The Morgan fingerprint density at radius 1 is 1.38 bits per heavy atom. The van der Waals surface area contributed by atoms with Crippen LogP contribution in [-0.2, 0) is 13.5 Å². The highest BCUT2D eigenvalue weighted by molar-refractivity contribution is 6.31. The fourth-order valence-corrected chi connectivity index (χ4v) is 2.56. The lowest BCUT2D eigenvalue weighted by molar-refractivity contribution is 0.242. The Kier molecular flexibility index (Phi) is 4.91. The second-order valence-corrected chi connectivity index (χ2v) is 5.90. The number of hydrogen-bond donors (Lipinski definition) is 1. The lowest BCUT2D eigenvalue weighted by Crippen LogP contribution is -2.16. The normalized spacial score (nSPS) is 12.7. The fourth-order valence-electron chi connectivity index (χ4n) is 2.32. The van der Waals surface area contributed by atoms with E-state index in [0.29, 0.717) is 11.4 Å². The third kappa shape index (κ3) is 3.77. The van der Waals surface area contributed by atoms with Crippen molar-refractivity contribution in [2.24, 2.45) is 12.8 Å². The van der Waals surface area contributed by atoms with Gasteiger partial charge in [-0.05, 0) is 38.5 Å². The van der Waals surface area contributed by atoms with Gasteiger partial charge in [0.2, 0.25) is 0 Å². The maximum absolute atomic E-state index is 6.32. The summed E-state index contributed by atoms with van der Waals surface area (Å²) in [4.78, 5) is 0. The van der Waals surface area contributed by atoms with Gasteiger partial charge in [0.1, 0.15) is 5.75 Å². The van der Waals surface area contributed by atoms with Crippen molar-refractivity contribution in [1.29, 1.82) is 0 Å². The van der Waals surface area contributed by atoms with Gasteiger partial charge in [0.25, 0.3) is 0 Å². The number of benzene rings is 1. The lowest BCUT2D eigenvalue weighted by Gasteiger charge is -2.15. The van der Waals surface area contributed by atoms with Gasteiger partial charge in [-0.3, -0.25) is 4.68 Å². The van der Waals surface area contributed by atoms with Crippen LogP contribution < -0.4 is 10.5 Å². The quantitative estimate of drug-likeness (QED) is 0.921. The van der Waals surface area contributed by atoms with Gasteiger partial charge >= 0.3 is 0 Å². The first-order valence-electron chi connectivity index (χ1n) is 7.08. The largest absolute Gasteiger partial charge is 0.491 e. The average Bonchev–Trinajstić information content (AvgIpc) is 2.65. The first kappa shape index (κ1) is 15.9. The summed E-state index contributed by atoms with van der Waals surface area (Å²) < 4.78 is 7.51. The summed E-state index contributed by atoms with van der Waals surface area (Å²) in [7, 11) is 1.89. The van der Waals surface area contributed by atoms with Crippen LogP contribution in [0.2, 0.25) is 5.02 Å². The zero-order chi connectivity index (χ0) is 15.6. The summed E-state index contributed by atoms with van der Waals surface area (Å²) in [6.45, 7) is 5.91. The molecule has 1 aromatic heterocycles. The maximum atomic E-state index is 6.32. The minimum absolute atomic E-state index is 0.144. The van der Waals surface area contributed by atoms with E-state index >= 15 is 0 Å². The van der Waals surface area contributed by atoms with Gasteiger partial charge in [-0.1, -0.05) is 23.7 Å². The van der Waals surface area contributed by atoms with Crippen molar-refractivity contribution in [2.75, 3.05) is 0 Å². The summed E-state index contributed by atoms with van der Waals surface area (Å²) in [5.41, 5.74) is 9.14. The van der Waals surface area contributed by atoms with Crippen molar-refractivity contribution in [3.05, 3.63) is 46.2 Å². The Bertz CT molecular complexity index is 622. The zero-order valence-electron chi connectivity index (χ0n) is 12.9. The minimum atomic E-state index is -0.145. The van der Waals surface area contributed by atoms with E-state index in [-0.39, 0.29) is 12.1 Å². The number of hydrogen-bond acceptors (Lipinski definition) is 3. The molecule has 0 saturated heterocycles. The summed E-state index contributed by atoms with van der Waals surface area (Å²) >= 11 is 6.28. The van der Waals surface area contributed by atoms with Crippen molar-refractivity contribution in [3.63, 3.8) is 0 Å². The van der Waals surface area contributed by atoms with E-state index in [1.54, 1.807) is 4.68 Å². The van der Waals surface area contributed by atoms with Gasteiger partial charge in [0.05, 0.1) is 22.5 Å². The molecule has 114 valence electrons. The predicted octanol–water partition coefficient (Wildman–Crippen LogP) is 3.41. The van der Waals surface area contributed by atoms with Crippen molar-refractivity contribution < 1.29 is 4.74 Å². The van der Waals surface area contributed by atoms with Gasteiger partial charge in [-0.15, -0.1) is 0 Å². The second kappa shape index (κ2) is 6.50. The summed E-state index contributed by atoms with van der Waals surface area (Å²) in [5.74, 6) is 0.838. The van der Waals surface area contributed by atoms with Crippen LogP contribution in [0.4, 0.5) is 0 Å². The van der Waals surface area contributed by atoms with Gasteiger partial charge < -0.3 is 10.5 Å². The molecule has 21 heavy (non-hydrogen) atoms. The van der Waals surface area contributed by atoms with Crippen LogP contribution in [0.5, 0.6) is 5.75 Å². The summed E-state index contributed by atoms with van der Waals surface area (Å²) in [6, 6.07) is 7.75. The molecule has 0 aliphatic heterocycles. The van der Waals surface area contributed by atoms with Crippen molar-refractivity contribution in [3.8, 4) is 5.75 Å². The Hall–Kier alpha value is -1.52. The van der Waals surface area contributed by atoms with E-state index in [9.17, 15) is 0 Å². The Morgan fingerprint density at radius 3 is 2.67 bits per heavy atom. The van der Waals surface area contributed by atoms with E-state index < -0.39 is 0 Å². The lowest BCUT2D eigenvalue weighted by atomic mass is 10.0. The Labute approximate surface area is 130 Å². The smallest absolute Gasteiger partial charge is 0.120 e. The molecule has 0 fully saturated rings. The molecule has 0 radical (unpaired) electrons. The predicted molar refractivity (Wildman–Crippen MR) is 85.8 cm³/mol. The Morgan fingerprint density at radius 2 is 2.10 bits per heavy atom. The number of rotatable bonds is 5. The highest BCUT2D eigenvalue weighted by Gasteiger charge is 2.16. The molecule has 1 unspecified atom stereocenters. The molecule has 1 heterocycles. The van der Waals surface area contributed by atoms with E-state index in [4.69, 9.17) is 22.1 Å². The van der Waals surface area contributed by atoms with Crippen LogP contribution in [0.25, 0.3) is 0 Å².